The highest BCUT2D eigenvalue weighted by molar-refractivity contribution is 6.31. The van der Waals surface area contributed by atoms with Gasteiger partial charge in [-0.3, -0.25) is 0 Å². The van der Waals surface area contributed by atoms with Crippen molar-refractivity contribution in [3.05, 3.63) is 28.8 Å². The van der Waals surface area contributed by atoms with Gasteiger partial charge in [-0.25, -0.2) is 0 Å². The van der Waals surface area contributed by atoms with Gasteiger partial charge in [-0.05, 0) is 42.4 Å². The summed E-state index contributed by atoms with van der Waals surface area (Å²) in [5, 5.41) is 0.792. The fraction of sp³-hybridized carbons (Fsp3) is 0.600. The van der Waals surface area contributed by atoms with E-state index in [2.05, 4.69) is 36.9 Å². The first-order valence-electron chi connectivity index (χ1n) is 6.87. The van der Waals surface area contributed by atoms with E-state index in [0.717, 1.165) is 23.7 Å². The van der Waals surface area contributed by atoms with E-state index in [1.807, 2.05) is 0 Å². The van der Waals surface area contributed by atoms with Crippen LogP contribution in [0.25, 0.3) is 0 Å². The van der Waals surface area contributed by atoms with Crippen molar-refractivity contribution in [1.82, 2.24) is 0 Å². The molecule has 18 heavy (non-hydrogen) atoms. The molecule has 1 heterocycles. The highest BCUT2D eigenvalue weighted by Crippen LogP contribution is 2.39. The predicted octanol–water partition coefficient (Wildman–Crippen LogP) is 3.82. The number of rotatable bonds is 4. The van der Waals surface area contributed by atoms with Gasteiger partial charge in [-0.1, -0.05) is 31.5 Å². The lowest BCUT2D eigenvalue weighted by atomic mass is 9.82. The molecule has 1 aromatic carbocycles. The smallest absolute Gasteiger partial charge is 0.0471 e. The zero-order valence-corrected chi connectivity index (χ0v) is 12.1. The van der Waals surface area contributed by atoms with Crippen molar-refractivity contribution in [2.75, 3.05) is 18.0 Å². The molecule has 2 rings (SSSR count). The predicted molar refractivity (Wildman–Crippen MR) is 79.2 cm³/mol. The highest BCUT2D eigenvalue weighted by Gasteiger charge is 2.34. The molecule has 0 bridgehead atoms. The largest absolute Gasteiger partial charge is 0.371 e. The van der Waals surface area contributed by atoms with Crippen LogP contribution in [0.5, 0.6) is 0 Å². The summed E-state index contributed by atoms with van der Waals surface area (Å²) >= 11 is 6.24. The van der Waals surface area contributed by atoms with Crippen LogP contribution in [-0.4, -0.2) is 13.1 Å². The van der Waals surface area contributed by atoms with Crippen molar-refractivity contribution >= 4 is 17.3 Å². The summed E-state index contributed by atoms with van der Waals surface area (Å²) in [6.45, 7) is 7.40. The van der Waals surface area contributed by atoms with Crippen LogP contribution in [0, 0.1) is 5.41 Å². The van der Waals surface area contributed by atoms with Crippen molar-refractivity contribution in [3.63, 3.8) is 0 Å². The van der Waals surface area contributed by atoms with Crippen molar-refractivity contribution in [1.29, 1.82) is 0 Å². The van der Waals surface area contributed by atoms with Gasteiger partial charge >= 0.3 is 0 Å². The molecule has 0 aliphatic carbocycles. The van der Waals surface area contributed by atoms with Crippen LogP contribution in [-0.2, 0) is 6.54 Å². The third-order valence-corrected chi connectivity index (χ3v) is 4.91. The van der Waals surface area contributed by atoms with E-state index in [0.29, 0.717) is 12.0 Å². The van der Waals surface area contributed by atoms with Gasteiger partial charge < -0.3 is 10.6 Å². The minimum Gasteiger partial charge on any atom is -0.371 e. The van der Waals surface area contributed by atoms with Crippen LogP contribution in [0.1, 0.15) is 38.7 Å². The maximum Gasteiger partial charge on any atom is 0.0471 e. The van der Waals surface area contributed by atoms with Gasteiger partial charge in [0.05, 0.1) is 0 Å². The van der Waals surface area contributed by atoms with Crippen molar-refractivity contribution in [2.24, 2.45) is 11.1 Å². The monoisotopic (exact) mass is 266 g/mol. The van der Waals surface area contributed by atoms with E-state index < -0.39 is 0 Å². The molecule has 0 saturated carbocycles. The molecule has 100 valence electrons. The van der Waals surface area contributed by atoms with Crippen molar-refractivity contribution in [3.8, 4) is 0 Å². The molecular formula is C15H23ClN2. The number of nitrogens with zero attached hydrogens (tertiary/aromatic N) is 1. The zero-order chi connectivity index (χ0) is 13.2. The first-order valence-corrected chi connectivity index (χ1v) is 7.25. The fourth-order valence-electron chi connectivity index (χ4n) is 2.88. The van der Waals surface area contributed by atoms with Crippen LogP contribution >= 0.6 is 11.6 Å². The van der Waals surface area contributed by atoms with Gasteiger partial charge in [-0.15, -0.1) is 0 Å². The third-order valence-electron chi connectivity index (χ3n) is 4.56. The molecule has 0 unspecified atom stereocenters. The molecule has 0 amide bonds. The van der Waals surface area contributed by atoms with Crippen LogP contribution in [0.15, 0.2) is 18.2 Å². The lowest BCUT2D eigenvalue weighted by Crippen LogP contribution is -2.26. The Morgan fingerprint density at radius 2 is 2.06 bits per heavy atom. The maximum atomic E-state index is 6.24. The standard InChI is InChI=1S/C15H23ClN2/c1-3-15(4-2)7-8-18(11-15)13-6-5-12(10-17)14(16)9-13/h5-6,9H,3-4,7-8,10-11,17H2,1-2H3. The molecule has 1 saturated heterocycles. The molecule has 0 aromatic heterocycles. The first-order chi connectivity index (χ1) is 8.64. The van der Waals surface area contributed by atoms with E-state index >= 15 is 0 Å². The summed E-state index contributed by atoms with van der Waals surface area (Å²) in [5.74, 6) is 0. The Morgan fingerprint density at radius 1 is 1.33 bits per heavy atom. The quantitative estimate of drug-likeness (QED) is 0.898. The second-order valence-electron chi connectivity index (χ2n) is 5.36. The third kappa shape index (κ3) is 2.50. The number of hydrogen-bond donors (Lipinski definition) is 1. The molecule has 0 atom stereocenters. The van der Waals surface area contributed by atoms with Crippen LogP contribution < -0.4 is 10.6 Å². The summed E-state index contributed by atoms with van der Waals surface area (Å²) < 4.78 is 0. The Balaban J connectivity index is 2.17. The summed E-state index contributed by atoms with van der Waals surface area (Å²) in [6, 6.07) is 6.26. The van der Waals surface area contributed by atoms with Gasteiger partial charge in [0.15, 0.2) is 0 Å². The highest BCUT2D eigenvalue weighted by atomic mass is 35.5. The number of nitrogens with two attached hydrogens (primary N) is 1. The summed E-state index contributed by atoms with van der Waals surface area (Å²) in [5.41, 5.74) is 8.40. The van der Waals surface area contributed by atoms with E-state index in [4.69, 9.17) is 17.3 Å². The maximum absolute atomic E-state index is 6.24. The first kappa shape index (κ1) is 13.7. The minimum absolute atomic E-state index is 0.499. The molecule has 2 N–H and O–H groups in total. The van der Waals surface area contributed by atoms with Gasteiger partial charge in [0, 0.05) is 30.3 Å². The number of benzene rings is 1. The molecule has 2 nitrogen and oxygen atoms in total. The van der Waals surface area contributed by atoms with E-state index in [1.54, 1.807) is 0 Å². The van der Waals surface area contributed by atoms with Gasteiger partial charge in [0.25, 0.3) is 0 Å². The molecule has 0 spiro atoms. The second-order valence-corrected chi connectivity index (χ2v) is 5.77. The summed E-state index contributed by atoms with van der Waals surface area (Å²) in [6.07, 6.45) is 3.81. The van der Waals surface area contributed by atoms with Crippen molar-refractivity contribution in [2.45, 2.75) is 39.7 Å². The lowest BCUT2D eigenvalue weighted by molar-refractivity contribution is 0.301. The Labute approximate surface area is 115 Å². The Bertz CT molecular complexity index is 413. The van der Waals surface area contributed by atoms with Crippen LogP contribution in [0.4, 0.5) is 5.69 Å². The average molecular weight is 267 g/mol. The number of hydrogen-bond acceptors (Lipinski definition) is 2. The molecule has 1 aromatic rings. The Kier molecular flexibility index (Phi) is 4.18. The fourth-order valence-corrected chi connectivity index (χ4v) is 3.13. The molecule has 0 radical (unpaired) electrons. The normalized spacial score (nSPS) is 18.3. The number of halogens is 1. The van der Waals surface area contributed by atoms with Gasteiger partial charge in [0.1, 0.15) is 0 Å². The average Bonchev–Trinajstić information content (AvgIpc) is 2.84. The SMILES string of the molecule is CCC1(CC)CCN(c2ccc(CN)c(Cl)c2)C1. The van der Waals surface area contributed by atoms with Crippen LogP contribution in [0.2, 0.25) is 5.02 Å². The molecule has 3 heteroatoms. The number of anilines is 1. The van der Waals surface area contributed by atoms with Crippen LogP contribution in [0.3, 0.4) is 0 Å². The second kappa shape index (κ2) is 5.50. The van der Waals surface area contributed by atoms with E-state index in [1.165, 1.54) is 24.9 Å². The lowest BCUT2D eigenvalue weighted by Gasteiger charge is -2.27. The van der Waals surface area contributed by atoms with E-state index in [9.17, 15) is 0 Å². The molecule has 1 aliphatic heterocycles. The van der Waals surface area contributed by atoms with E-state index in [-0.39, 0.29) is 0 Å². The Morgan fingerprint density at radius 3 is 2.56 bits per heavy atom. The molecule has 1 fully saturated rings. The summed E-state index contributed by atoms with van der Waals surface area (Å²) in [7, 11) is 0. The topological polar surface area (TPSA) is 29.3 Å². The van der Waals surface area contributed by atoms with Gasteiger partial charge in [-0.2, -0.15) is 0 Å². The van der Waals surface area contributed by atoms with Gasteiger partial charge in [0.2, 0.25) is 0 Å². The minimum atomic E-state index is 0.499. The Hall–Kier alpha value is -0.730. The molecular weight excluding hydrogens is 244 g/mol. The van der Waals surface area contributed by atoms with Crippen molar-refractivity contribution < 1.29 is 0 Å². The zero-order valence-electron chi connectivity index (χ0n) is 11.4. The summed E-state index contributed by atoms with van der Waals surface area (Å²) in [4.78, 5) is 2.46. The molecule has 1 aliphatic rings.